The smallest absolute Gasteiger partial charge is 0.0362 e. The predicted molar refractivity (Wildman–Crippen MR) is 153 cm³/mol. The van der Waals surface area contributed by atoms with Gasteiger partial charge in [0.05, 0.1) is 0 Å². The van der Waals surface area contributed by atoms with E-state index in [9.17, 15) is 0 Å². The quantitative estimate of drug-likeness (QED) is 0.255. The van der Waals surface area contributed by atoms with Crippen LogP contribution in [-0.2, 0) is 10.8 Å². The molecule has 0 bridgehead atoms. The van der Waals surface area contributed by atoms with Crippen molar-refractivity contribution in [1.82, 2.24) is 0 Å². The first kappa shape index (κ1) is 22.1. The van der Waals surface area contributed by atoms with E-state index in [1.165, 1.54) is 56.6 Å². The van der Waals surface area contributed by atoms with Gasteiger partial charge >= 0.3 is 0 Å². The van der Waals surface area contributed by atoms with Gasteiger partial charge in [0.25, 0.3) is 0 Å². The molecular formula is C34H32Si. The average molecular weight is 469 g/mol. The molecule has 0 heterocycles. The Balaban J connectivity index is 1.39. The molecule has 0 aromatic heterocycles. The summed E-state index contributed by atoms with van der Waals surface area (Å²) in [5.74, 6) is 0. The molecule has 2 aliphatic carbocycles. The van der Waals surface area contributed by atoms with Crippen LogP contribution in [0.1, 0.15) is 44.5 Å². The van der Waals surface area contributed by atoms with Crippen LogP contribution in [0, 0.1) is 13.8 Å². The molecule has 4 aromatic carbocycles. The highest BCUT2D eigenvalue weighted by Crippen LogP contribution is 2.48. The van der Waals surface area contributed by atoms with Gasteiger partial charge in [0, 0.05) is 20.3 Å². The highest BCUT2D eigenvalue weighted by Gasteiger charge is 2.40. The fraction of sp³-hybridized carbons (Fsp3) is 0.176. The number of benzene rings is 4. The summed E-state index contributed by atoms with van der Waals surface area (Å²) in [5, 5.41) is 0. The van der Waals surface area contributed by atoms with Crippen molar-refractivity contribution in [1.29, 1.82) is 0 Å². The molecule has 4 aromatic rings. The van der Waals surface area contributed by atoms with Crippen LogP contribution in [0.5, 0.6) is 0 Å². The summed E-state index contributed by atoms with van der Waals surface area (Å²) in [6, 6.07) is 38.8. The van der Waals surface area contributed by atoms with Crippen molar-refractivity contribution in [3.63, 3.8) is 0 Å². The maximum absolute atomic E-state index is 2.50. The lowest BCUT2D eigenvalue weighted by Crippen LogP contribution is -2.30. The lowest BCUT2D eigenvalue weighted by atomic mass is 9.77. The SMILES string of the molecule is Cc1cccc(C2(C[SiH2]CC3(c4cccc(C)c4)C=Cc4ccccc43)C=Cc3ccccc32)c1. The number of hydrogen-bond acceptors (Lipinski definition) is 0. The second-order valence-electron chi connectivity index (χ2n) is 10.4. The number of rotatable bonds is 6. The van der Waals surface area contributed by atoms with Crippen molar-refractivity contribution in [2.75, 3.05) is 0 Å². The molecule has 6 rings (SSSR count). The molecule has 0 nitrogen and oxygen atoms in total. The van der Waals surface area contributed by atoms with Crippen molar-refractivity contribution in [2.45, 2.75) is 36.8 Å². The van der Waals surface area contributed by atoms with Crippen LogP contribution >= 0.6 is 0 Å². The van der Waals surface area contributed by atoms with E-state index in [0.29, 0.717) is 0 Å². The van der Waals surface area contributed by atoms with Gasteiger partial charge in [-0.2, -0.15) is 0 Å². The fourth-order valence-electron chi connectivity index (χ4n) is 6.46. The van der Waals surface area contributed by atoms with Crippen molar-refractivity contribution in [3.8, 4) is 0 Å². The first-order valence-corrected chi connectivity index (χ1v) is 14.8. The van der Waals surface area contributed by atoms with Crippen LogP contribution in [0.15, 0.2) is 109 Å². The molecule has 0 radical (unpaired) electrons. The molecule has 0 N–H and O–H groups in total. The van der Waals surface area contributed by atoms with Crippen LogP contribution in [-0.4, -0.2) is 9.52 Å². The van der Waals surface area contributed by atoms with Crippen LogP contribution in [0.3, 0.4) is 0 Å². The zero-order valence-electron chi connectivity index (χ0n) is 20.7. The average Bonchev–Trinajstić information content (AvgIpc) is 3.45. The van der Waals surface area contributed by atoms with Gasteiger partial charge in [-0.3, -0.25) is 0 Å². The predicted octanol–water partition coefficient (Wildman–Crippen LogP) is 7.63. The molecule has 2 aliphatic rings. The molecule has 0 amide bonds. The van der Waals surface area contributed by atoms with Gasteiger partial charge < -0.3 is 0 Å². The summed E-state index contributed by atoms with van der Waals surface area (Å²) in [4.78, 5) is 0. The summed E-state index contributed by atoms with van der Waals surface area (Å²) in [5.41, 5.74) is 11.3. The number of hydrogen-bond donors (Lipinski definition) is 0. The Morgan fingerprint density at radius 3 is 1.46 bits per heavy atom. The largest absolute Gasteiger partial charge is 0.0693 e. The molecule has 35 heavy (non-hydrogen) atoms. The Morgan fingerprint density at radius 2 is 1.00 bits per heavy atom. The molecule has 1 heteroatoms. The van der Waals surface area contributed by atoms with Crippen molar-refractivity contribution >= 4 is 21.7 Å². The maximum Gasteiger partial charge on any atom is 0.0362 e. The van der Waals surface area contributed by atoms with E-state index in [1.807, 2.05) is 0 Å². The highest BCUT2D eigenvalue weighted by molar-refractivity contribution is 6.37. The van der Waals surface area contributed by atoms with E-state index in [4.69, 9.17) is 0 Å². The van der Waals surface area contributed by atoms with E-state index in [2.05, 4.69) is 135 Å². The van der Waals surface area contributed by atoms with E-state index in [1.54, 1.807) is 0 Å². The lowest BCUT2D eigenvalue weighted by molar-refractivity contribution is 0.701. The van der Waals surface area contributed by atoms with Gasteiger partial charge in [0.2, 0.25) is 0 Å². The molecule has 0 saturated carbocycles. The Kier molecular flexibility index (Phi) is 5.46. The van der Waals surface area contributed by atoms with Crippen LogP contribution in [0.2, 0.25) is 12.1 Å². The fourth-order valence-corrected chi connectivity index (χ4v) is 9.20. The number of allylic oxidation sites excluding steroid dienone is 2. The number of aryl methyl sites for hydroxylation is 2. The zero-order valence-corrected chi connectivity index (χ0v) is 22.1. The Hall–Kier alpha value is -3.42. The van der Waals surface area contributed by atoms with E-state index >= 15 is 0 Å². The summed E-state index contributed by atoms with van der Waals surface area (Å²) in [6.45, 7) is 4.43. The minimum Gasteiger partial charge on any atom is -0.0693 e. The van der Waals surface area contributed by atoms with E-state index in [-0.39, 0.29) is 10.8 Å². The molecule has 0 saturated heterocycles. The van der Waals surface area contributed by atoms with Gasteiger partial charge in [0.15, 0.2) is 0 Å². The monoisotopic (exact) mass is 468 g/mol. The molecule has 2 atom stereocenters. The van der Waals surface area contributed by atoms with Crippen molar-refractivity contribution in [3.05, 3.63) is 154 Å². The molecule has 0 fully saturated rings. The number of fused-ring (bicyclic) bond motifs is 2. The van der Waals surface area contributed by atoms with Crippen LogP contribution in [0.4, 0.5) is 0 Å². The van der Waals surface area contributed by atoms with Crippen LogP contribution < -0.4 is 0 Å². The summed E-state index contributed by atoms with van der Waals surface area (Å²) < 4.78 is 0. The first-order valence-electron chi connectivity index (χ1n) is 12.8. The van der Waals surface area contributed by atoms with E-state index in [0.717, 1.165) is 0 Å². The molecule has 2 unspecified atom stereocenters. The third-order valence-electron chi connectivity index (χ3n) is 8.19. The summed E-state index contributed by atoms with van der Waals surface area (Å²) in [6.07, 6.45) is 9.70. The minimum atomic E-state index is -0.455. The molecular weight excluding hydrogens is 436 g/mol. The molecule has 0 aliphatic heterocycles. The topological polar surface area (TPSA) is 0 Å². The van der Waals surface area contributed by atoms with E-state index < -0.39 is 9.52 Å². The lowest BCUT2D eigenvalue weighted by Gasteiger charge is -2.34. The van der Waals surface area contributed by atoms with Gasteiger partial charge in [-0.15, -0.1) is 0 Å². The summed E-state index contributed by atoms with van der Waals surface area (Å²) >= 11 is 0. The summed E-state index contributed by atoms with van der Waals surface area (Å²) in [7, 11) is -0.455. The second-order valence-corrected chi connectivity index (χ2v) is 12.1. The Labute approximate surface area is 211 Å². The van der Waals surface area contributed by atoms with Crippen molar-refractivity contribution < 1.29 is 0 Å². The minimum absolute atomic E-state index is 0.00946. The third-order valence-corrected chi connectivity index (χ3v) is 10.5. The van der Waals surface area contributed by atoms with Gasteiger partial charge in [-0.25, -0.2) is 0 Å². The second kappa shape index (κ2) is 8.66. The normalized spacial score (nSPS) is 22.1. The van der Waals surface area contributed by atoms with Crippen LogP contribution in [0.25, 0.3) is 12.2 Å². The van der Waals surface area contributed by atoms with Gasteiger partial charge in [-0.1, -0.05) is 132 Å². The highest BCUT2D eigenvalue weighted by atomic mass is 28.2. The van der Waals surface area contributed by atoms with Gasteiger partial charge in [-0.05, 0) is 59.3 Å². The Bertz CT molecular complexity index is 1350. The third kappa shape index (κ3) is 3.66. The zero-order chi connectivity index (χ0) is 23.9. The van der Waals surface area contributed by atoms with Crippen molar-refractivity contribution in [2.24, 2.45) is 0 Å². The molecule has 172 valence electrons. The Morgan fingerprint density at radius 1 is 0.543 bits per heavy atom. The maximum atomic E-state index is 2.50. The molecule has 0 spiro atoms. The standard InChI is InChI=1S/C34H32Si/c1-25-9-7-13-29(21-25)33(19-17-27-11-3-5-15-31(27)33)23-35-24-34(30-14-8-10-26(2)22-30)20-18-28-12-4-6-16-32(28)34/h3-22H,23-24,35H2,1-2H3. The first-order chi connectivity index (χ1) is 17.1. The van der Waals surface area contributed by atoms with Gasteiger partial charge in [0.1, 0.15) is 0 Å².